The van der Waals surface area contributed by atoms with Crippen molar-refractivity contribution in [2.24, 2.45) is 0 Å². The molecule has 96 valence electrons. The van der Waals surface area contributed by atoms with Crippen molar-refractivity contribution < 1.29 is 19.5 Å². The Balaban J connectivity index is 2.28. The molecule has 1 rings (SSSR count). The molecule has 0 radical (unpaired) electrons. The zero-order valence-corrected chi connectivity index (χ0v) is 10.2. The highest BCUT2D eigenvalue weighted by atomic mass is 32.2. The fourth-order valence-electron chi connectivity index (χ4n) is 1.54. The van der Waals surface area contributed by atoms with E-state index in [9.17, 15) is 14.4 Å². The molecule has 1 saturated heterocycles. The van der Waals surface area contributed by atoms with Gasteiger partial charge in [-0.15, -0.1) is 11.8 Å². The quantitative estimate of drug-likeness (QED) is 0.624. The highest BCUT2D eigenvalue weighted by Crippen LogP contribution is 2.06. The van der Waals surface area contributed by atoms with Crippen molar-refractivity contribution in [1.82, 2.24) is 10.6 Å². The molecule has 7 heteroatoms. The summed E-state index contributed by atoms with van der Waals surface area (Å²) in [7, 11) is 0. The molecule has 1 fully saturated rings. The number of carboxylic acids is 1. The van der Waals surface area contributed by atoms with Crippen LogP contribution in [0.15, 0.2) is 0 Å². The minimum Gasteiger partial charge on any atom is -0.481 e. The van der Waals surface area contributed by atoms with Crippen molar-refractivity contribution in [3.05, 3.63) is 0 Å². The van der Waals surface area contributed by atoms with E-state index < -0.39 is 12.0 Å². The fraction of sp³-hybridized carbons (Fsp3) is 0.700. The molecule has 1 heterocycles. The Morgan fingerprint density at radius 2 is 2.18 bits per heavy atom. The van der Waals surface area contributed by atoms with Crippen molar-refractivity contribution >= 4 is 29.5 Å². The molecule has 0 spiro atoms. The number of carbonyl (C=O) groups excluding carboxylic acids is 2. The van der Waals surface area contributed by atoms with Crippen LogP contribution in [0.2, 0.25) is 0 Å². The molecule has 17 heavy (non-hydrogen) atoms. The van der Waals surface area contributed by atoms with Crippen molar-refractivity contribution in [2.75, 3.05) is 18.1 Å². The van der Waals surface area contributed by atoms with E-state index in [2.05, 4.69) is 10.6 Å². The highest BCUT2D eigenvalue weighted by molar-refractivity contribution is 8.00. The summed E-state index contributed by atoms with van der Waals surface area (Å²) >= 11 is 1.02. The number of hydrogen-bond acceptors (Lipinski definition) is 4. The molecule has 3 N–H and O–H groups in total. The van der Waals surface area contributed by atoms with E-state index in [-0.39, 0.29) is 23.3 Å². The lowest BCUT2D eigenvalue weighted by Gasteiger charge is -2.14. The predicted molar refractivity (Wildman–Crippen MR) is 63.8 cm³/mol. The summed E-state index contributed by atoms with van der Waals surface area (Å²) in [6.07, 6.45) is 2.46. The molecule has 6 nitrogen and oxygen atoms in total. The van der Waals surface area contributed by atoms with E-state index in [0.717, 1.165) is 24.6 Å². The maximum absolute atomic E-state index is 11.5. The highest BCUT2D eigenvalue weighted by Gasteiger charge is 2.22. The second kappa shape index (κ2) is 7.16. The van der Waals surface area contributed by atoms with Crippen LogP contribution in [0, 0.1) is 0 Å². The van der Waals surface area contributed by atoms with Gasteiger partial charge in [0.2, 0.25) is 11.8 Å². The first-order valence-electron chi connectivity index (χ1n) is 5.46. The van der Waals surface area contributed by atoms with Gasteiger partial charge in [-0.05, 0) is 19.3 Å². The van der Waals surface area contributed by atoms with Gasteiger partial charge in [-0.25, -0.2) is 0 Å². The van der Waals surface area contributed by atoms with Gasteiger partial charge in [0.15, 0.2) is 0 Å². The van der Waals surface area contributed by atoms with Crippen LogP contribution in [-0.4, -0.2) is 47.0 Å². The first kappa shape index (κ1) is 13.8. The molecular formula is C10H16N2O4S. The smallest absolute Gasteiger partial charge is 0.313 e. The lowest BCUT2D eigenvalue weighted by atomic mass is 10.1. The molecule has 0 aromatic carbocycles. The molecule has 0 bridgehead atoms. The van der Waals surface area contributed by atoms with Crippen molar-refractivity contribution in [2.45, 2.75) is 25.3 Å². The van der Waals surface area contributed by atoms with Crippen molar-refractivity contribution in [3.8, 4) is 0 Å². The van der Waals surface area contributed by atoms with E-state index in [1.54, 1.807) is 0 Å². The molecular weight excluding hydrogens is 244 g/mol. The number of thioether (sulfide) groups is 1. The summed E-state index contributed by atoms with van der Waals surface area (Å²) in [5.41, 5.74) is 0. The average molecular weight is 260 g/mol. The van der Waals surface area contributed by atoms with Crippen LogP contribution in [0.1, 0.15) is 19.3 Å². The van der Waals surface area contributed by atoms with Crippen LogP contribution in [-0.2, 0) is 14.4 Å². The van der Waals surface area contributed by atoms with Gasteiger partial charge in [-0.3, -0.25) is 14.4 Å². The predicted octanol–water partition coefficient (Wildman–Crippen LogP) is -0.411. The first-order chi connectivity index (χ1) is 8.09. The second-order valence-corrected chi connectivity index (χ2v) is 4.78. The summed E-state index contributed by atoms with van der Waals surface area (Å²) in [5, 5.41) is 13.7. The summed E-state index contributed by atoms with van der Waals surface area (Å²) < 4.78 is 0. The van der Waals surface area contributed by atoms with E-state index in [1.165, 1.54) is 0 Å². The fourth-order valence-corrected chi connectivity index (χ4v) is 2.09. The zero-order valence-electron chi connectivity index (χ0n) is 9.40. The number of rotatable bonds is 5. The summed E-state index contributed by atoms with van der Waals surface area (Å²) in [6, 6.07) is -0.476. The zero-order chi connectivity index (χ0) is 12.7. The molecule has 0 saturated carbocycles. The Kier molecular flexibility index (Phi) is 5.82. The number of nitrogens with one attached hydrogen (secondary N) is 2. The minimum absolute atomic E-state index is 0.0656. The van der Waals surface area contributed by atoms with Gasteiger partial charge in [0.25, 0.3) is 0 Å². The summed E-state index contributed by atoms with van der Waals surface area (Å²) in [6.45, 7) is 0.652. The van der Waals surface area contributed by atoms with Crippen LogP contribution in [0.5, 0.6) is 0 Å². The van der Waals surface area contributed by atoms with Crippen LogP contribution in [0.4, 0.5) is 0 Å². The van der Waals surface area contributed by atoms with Gasteiger partial charge >= 0.3 is 5.97 Å². The third kappa shape index (κ3) is 5.58. The lowest BCUT2D eigenvalue weighted by molar-refractivity contribution is -0.134. The van der Waals surface area contributed by atoms with Crippen LogP contribution in [0.25, 0.3) is 0 Å². The summed E-state index contributed by atoms with van der Waals surface area (Å²) in [4.78, 5) is 33.2. The molecule has 0 aromatic rings. The van der Waals surface area contributed by atoms with Gasteiger partial charge in [-0.2, -0.15) is 0 Å². The molecule has 1 aliphatic heterocycles. The third-order valence-electron chi connectivity index (χ3n) is 2.33. The van der Waals surface area contributed by atoms with Gasteiger partial charge in [0.1, 0.15) is 6.04 Å². The molecule has 0 aromatic heterocycles. The number of carbonyl (C=O) groups is 3. The van der Waals surface area contributed by atoms with Crippen molar-refractivity contribution in [1.29, 1.82) is 0 Å². The van der Waals surface area contributed by atoms with Gasteiger partial charge in [0.05, 0.1) is 11.5 Å². The lowest BCUT2D eigenvalue weighted by Crippen LogP contribution is -2.46. The number of carboxylic acid groups (broad SMARTS) is 1. The Bertz CT molecular complexity index is 309. The molecule has 1 aliphatic rings. The van der Waals surface area contributed by atoms with E-state index in [0.29, 0.717) is 13.0 Å². The maximum atomic E-state index is 11.5. The van der Waals surface area contributed by atoms with Gasteiger partial charge in [0, 0.05) is 6.54 Å². The number of aliphatic carboxylic acids is 1. The third-order valence-corrected chi connectivity index (χ3v) is 3.25. The van der Waals surface area contributed by atoms with Gasteiger partial charge < -0.3 is 15.7 Å². The van der Waals surface area contributed by atoms with Crippen LogP contribution < -0.4 is 10.6 Å². The Labute approximate surface area is 104 Å². The van der Waals surface area contributed by atoms with E-state index in [4.69, 9.17) is 5.11 Å². The Hall–Kier alpha value is -1.24. The van der Waals surface area contributed by atoms with Crippen LogP contribution >= 0.6 is 11.8 Å². The number of amides is 2. The van der Waals surface area contributed by atoms with Crippen molar-refractivity contribution in [3.63, 3.8) is 0 Å². The molecule has 0 unspecified atom stereocenters. The Morgan fingerprint density at radius 3 is 2.88 bits per heavy atom. The van der Waals surface area contributed by atoms with Crippen LogP contribution in [0.3, 0.4) is 0 Å². The summed E-state index contributed by atoms with van der Waals surface area (Å²) in [5.74, 6) is -1.44. The minimum atomic E-state index is -0.949. The van der Waals surface area contributed by atoms with E-state index in [1.807, 2.05) is 0 Å². The SMILES string of the molecule is O=C(O)CSCC(=O)N[C@H]1CCCCNC1=O. The monoisotopic (exact) mass is 260 g/mol. The average Bonchev–Trinajstić information content (AvgIpc) is 2.44. The maximum Gasteiger partial charge on any atom is 0.313 e. The molecule has 2 amide bonds. The number of hydrogen-bond donors (Lipinski definition) is 3. The topological polar surface area (TPSA) is 95.5 Å². The van der Waals surface area contributed by atoms with E-state index >= 15 is 0 Å². The normalized spacial score (nSPS) is 20.2. The standard InChI is InChI=1S/C10H16N2O4S/c13-8(5-17-6-9(14)15)12-7-3-1-2-4-11-10(7)16/h7H,1-6H2,(H,11,16)(H,12,13)(H,14,15)/t7-/m0/s1. The second-order valence-electron chi connectivity index (χ2n) is 3.79. The first-order valence-corrected chi connectivity index (χ1v) is 6.61. The molecule has 1 atom stereocenters. The van der Waals surface area contributed by atoms with Gasteiger partial charge in [-0.1, -0.05) is 0 Å². The largest absolute Gasteiger partial charge is 0.481 e. The molecule has 0 aliphatic carbocycles. The Morgan fingerprint density at radius 1 is 1.41 bits per heavy atom.